The molecule has 18 heteroatoms. The van der Waals surface area contributed by atoms with Crippen molar-refractivity contribution in [3.05, 3.63) is 291 Å². The van der Waals surface area contributed by atoms with Gasteiger partial charge in [0, 0.05) is 189 Å². The summed E-state index contributed by atoms with van der Waals surface area (Å²) >= 11 is 0. The minimum atomic E-state index is -0.283. The van der Waals surface area contributed by atoms with Gasteiger partial charge in [0.25, 0.3) is 0 Å². The molecule has 0 spiro atoms. The zero-order valence-corrected chi connectivity index (χ0v) is 96.4. The molecule has 3 N–H and O–H groups in total. The summed E-state index contributed by atoms with van der Waals surface area (Å²) in [5, 5.41) is 15.5. The lowest BCUT2D eigenvalue weighted by Crippen LogP contribution is -2.47. The molecular formula is C131H194N12O6. The fraction of sp³-hybridized carbons (Fsp3) is 0.603. The van der Waals surface area contributed by atoms with Crippen molar-refractivity contribution >= 4 is 17.7 Å². The quantitative estimate of drug-likeness (QED) is 0.0420. The van der Waals surface area contributed by atoms with Crippen molar-refractivity contribution < 1.29 is 29.0 Å². The van der Waals surface area contributed by atoms with Gasteiger partial charge in [-0.15, -0.1) is 0 Å². The minimum Gasteiger partial charge on any atom is -0.393 e. The predicted molar refractivity (Wildman–Crippen MR) is 620 cm³/mol. The van der Waals surface area contributed by atoms with Gasteiger partial charge in [0.15, 0.2) is 0 Å². The highest BCUT2D eigenvalue weighted by Gasteiger charge is 2.33. The number of hydrogen-bond acceptors (Lipinski definition) is 14. The standard InChI is InChI=1S/C20H30N2O2.C17H24N2O.C16H24N2O.C16H23NO.C16H25NO.C16H25N.C15H20N2.C15H23N/c1-14(2)16-4-3-15-7-9-22(13-18(15)11-16)10-8-21-20(24)17-5-6-19(23)12-17;1-13(2)15-5-4-14-6-9-18(11-16(14)10-15)12-17(20)19-7-3-8-19;1-12(2)15-5-4-14-6-8-18(11-16(14)10-15)9-7-17-13(3)19;1-12(2)14-4-3-13-5-7-17(10-15(13)9-14)16-6-8-18-11-16;1-12(2)14-5-6-15-9-13(3)17(7-8-18-4)11-16(15)10-14;1-12(2)10-17-8-7-14-5-6-15(13(3)4)9-16(14)11-17;1-12(2)14-5-4-13-6-8-17(9-7-16-3)11-15(13)10-14;1-4-8-16-9-7-13-5-6-14(12(2)3)10-15(13)11-16/h3-4,11,14,17,19,23H,5-10,12-13H2,1-2H3,(H,21,24);4-5,10,13H,3,6-9,11-12H2,1-2H3;4-5,10,12H,6-9,11H2,1-3H3,(H,17,19);3-4,9,12,16H,5-8,10-11H2,1-2H3;5-6,10,12-13H,7-9,11H2,1-4H3;5-6,9,12-13H,7-8,10-11H2,1-4H3;4-5,10,12H,6-9,11H2,1-2H3;5-6,10,12H,4,7-9,11H2,1-3H3. The van der Waals surface area contributed by atoms with Gasteiger partial charge in [-0.2, -0.15) is 0 Å². The van der Waals surface area contributed by atoms with Crippen LogP contribution >= 0.6 is 0 Å². The zero-order valence-electron chi connectivity index (χ0n) is 96.4. The van der Waals surface area contributed by atoms with Crippen LogP contribution in [0.4, 0.5) is 0 Å². The first kappa shape index (κ1) is 119. The van der Waals surface area contributed by atoms with Crippen molar-refractivity contribution in [2.24, 2.45) is 11.8 Å². The van der Waals surface area contributed by atoms with E-state index in [1.165, 1.54) is 171 Å². The number of ether oxygens (including phenoxy) is 2. The summed E-state index contributed by atoms with van der Waals surface area (Å²) in [4.78, 5) is 60.3. The van der Waals surface area contributed by atoms with Gasteiger partial charge in [0.05, 0.1) is 32.4 Å². The first-order chi connectivity index (χ1) is 71.5. The Labute approximate surface area is 902 Å². The van der Waals surface area contributed by atoms with E-state index in [2.05, 4.69) is 339 Å². The summed E-state index contributed by atoms with van der Waals surface area (Å²) in [6, 6.07) is 57.1. The second-order valence-electron chi connectivity index (χ2n) is 47.7. The Morgan fingerprint density at radius 1 is 0.409 bits per heavy atom. The van der Waals surface area contributed by atoms with Crippen LogP contribution in [0.5, 0.6) is 0 Å². The Kier molecular flexibility index (Phi) is 47.6. The van der Waals surface area contributed by atoms with Crippen LogP contribution in [-0.2, 0) is 128 Å². The van der Waals surface area contributed by atoms with Crippen LogP contribution in [0.25, 0.3) is 4.85 Å². The van der Waals surface area contributed by atoms with E-state index in [4.69, 9.17) is 16.0 Å². The average Bonchev–Trinajstić information content (AvgIpc) is 1.81. The molecule has 8 aromatic rings. The Hall–Kier alpha value is -8.78. The van der Waals surface area contributed by atoms with Crippen LogP contribution in [0.15, 0.2) is 146 Å². The second-order valence-corrected chi connectivity index (χ2v) is 47.7. The van der Waals surface area contributed by atoms with Gasteiger partial charge in [-0.1, -0.05) is 277 Å². The van der Waals surface area contributed by atoms with Gasteiger partial charge in [-0.3, -0.25) is 53.6 Å². The maximum absolute atomic E-state index is 12.1. The average molecular weight is 2030 g/mol. The number of nitrogens with one attached hydrogen (secondary N) is 2. The van der Waals surface area contributed by atoms with E-state index in [9.17, 15) is 19.5 Å². The number of carbonyl (C=O) groups is 3. The SMILES string of the molecule is CC(=O)NCCN1CCc2ccc(C(C)C)cc2C1.CC(C)CN1CCc2ccc(C(C)C)cc2C1.CC(C)c1ccc2c(c1)CN(C1CCOC1)CC2.CC(C)c1ccc2c(c1)CN(CC(=O)N1CCC1)CC2.CC(C)c1ccc2c(c1)CN(CCNC(=O)C1CCC(O)C1)CC2.CCCN1CCc2ccc(C(C)C)cc2C1.COCCN1Cc2cc(C(C)C)ccc2CC1C.[C-]#[N+]CCN1CCc2ccc(C(C)C)cc2C1. The maximum Gasteiger partial charge on any atom is 0.236 e. The molecule has 19 rings (SSSR count). The predicted octanol–water partition coefficient (Wildman–Crippen LogP) is 23.8. The molecule has 0 radical (unpaired) electrons. The van der Waals surface area contributed by atoms with Gasteiger partial charge in [-0.05, 0) is 290 Å². The topological polar surface area (TPSA) is 147 Å². The molecule has 1 aliphatic carbocycles. The first-order valence-corrected chi connectivity index (χ1v) is 58.2. The second kappa shape index (κ2) is 59.6. The highest BCUT2D eigenvalue weighted by atomic mass is 16.5. The third-order valence-corrected chi connectivity index (χ3v) is 32.8. The normalized spacial score (nSPS) is 19.2. The molecule has 3 amide bonds. The molecule has 0 bridgehead atoms. The minimum absolute atomic E-state index is 0.00989. The molecule has 4 unspecified atom stereocenters. The highest BCUT2D eigenvalue weighted by Crippen LogP contribution is 2.36. The first-order valence-electron chi connectivity index (χ1n) is 58.2. The molecule has 1 saturated carbocycles. The lowest BCUT2D eigenvalue weighted by atomic mass is 9.91. The molecule has 2 saturated heterocycles. The summed E-state index contributed by atoms with van der Waals surface area (Å²) in [5.41, 5.74) is 35.6. The van der Waals surface area contributed by atoms with Crippen LogP contribution in [-0.4, -0.2) is 236 Å². The number of rotatable bonds is 27. The van der Waals surface area contributed by atoms with Crippen LogP contribution in [0.2, 0.25) is 0 Å². The molecule has 4 atom stereocenters. The number of fused-ring (bicyclic) bond motifs is 8. The Morgan fingerprint density at radius 3 is 1.10 bits per heavy atom. The van der Waals surface area contributed by atoms with Crippen molar-refractivity contribution in [2.75, 3.05) is 151 Å². The van der Waals surface area contributed by atoms with Gasteiger partial charge in [0.1, 0.15) is 0 Å². The largest absolute Gasteiger partial charge is 0.393 e. The van der Waals surface area contributed by atoms with E-state index in [0.717, 1.165) is 195 Å². The lowest BCUT2D eigenvalue weighted by Gasteiger charge is -2.35. The smallest absolute Gasteiger partial charge is 0.236 e. The molecule has 10 aliphatic heterocycles. The molecule has 814 valence electrons. The number of aliphatic hydroxyl groups is 1. The summed E-state index contributed by atoms with van der Waals surface area (Å²) < 4.78 is 10.7. The van der Waals surface area contributed by atoms with Crippen molar-refractivity contribution in [1.29, 1.82) is 0 Å². The monoisotopic (exact) mass is 2030 g/mol. The summed E-state index contributed by atoms with van der Waals surface area (Å²) in [6.07, 6.45) is 14.8. The van der Waals surface area contributed by atoms with Crippen molar-refractivity contribution in [3.8, 4) is 0 Å². The number of nitrogens with zero attached hydrogens (tertiary/aromatic N) is 10. The molecular weight excluding hydrogens is 1840 g/mol. The van der Waals surface area contributed by atoms with Gasteiger partial charge in [0.2, 0.25) is 24.3 Å². The van der Waals surface area contributed by atoms with Crippen LogP contribution in [0.3, 0.4) is 0 Å². The van der Waals surface area contributed by atoms with E-state index in [1.807, 2.05) is 4.90 Å². The van der Waals surface area contributed by atoms with Crippen LogP contribution in [0.1, 0.15) is 365 Å². The van der Waals surface area contributed by atoms with E-state index in [1.54, 1.807) is 47.4 Å². The Morgan fingerprint density at radius 2 is 0.758 bits per heavy atom. The Balaban J connectivity index is 0.000000151. The maximum atomic E-state index is 12.1. The van der Waals surface area contributed by atoms with Crippen LogP contribution in [0, 0.1) is 18.4 Å². The van der Waals surface area contributed by atoms with Gasteiger partial charge in [-0.25, -0.2) is 6.57 Å². The van der Waals surface area contributed by atoms with Crippen LogP contribution < -0.4 is 10.6 Å². The number of hydrogen-bond donors (Lipinski definition) is 3. The molecule has 18 nitrogen and oxygen atoms in total. The van der Waals surface area contributed by atoms with Gasteiger partial charge < -0.3 is 35.0 Å². The number of aliphatic hydroxyl groups excluding tert-OH is 1. The molecule has 149 heavy (non-hydrogen) atoms. The summed E-state index contributed by atoms with van der Waals surface area (Å²) in [5.74, 6) is 6.09. The third-order valence-electron chi connectivity index (χ3n) is 32.8. The summed E-state index contributed by atoms with van der Waals surface area (Å²) in [6.45, 7) is 83.5. The van der Waals surface area contributed by atoms with E-state index < -0.39 is 0 Å². The molecule has 10 heterocycles. The molecule has 8 aromatic carbocycles. The van der Waals surface area contributed by atoms with E-state index in [-0.39, 0.29) is 23.8 Å². The van der Waals surface area contributed by atoms with Crippen molar-refractivity contribution in [2.45, 2.75) is 353 Å². The van der Waals surface area contributed by atoms with Gasteiger partial charge >= 0.3 is 0 Å². The number of benzene rings is 8. The van der Waals surface area contributed by atoms with E-state index in [0.29, 0.717) is 91.4 Å². The fourth-order valence-corrected chi connectivity index (χ4v) is 22.7. The van der Waals surface area contributed by atoms with Crippen molar-refractivity contribution in [3.63, 3.8) is 0 Å². The fourth-order valence-electron chi connectivity index (χ4n) is 22.7. The van der Waals surface area contributed by atoms with E-state index >= 15 is 0 Å². The number of carbonyl (C=O) groups excluding carboxylic acids is 3. The molecule has 3 fully saturated rings. The lowest BCUT2D eigenvalue weighted by molar-refractivity contribution is -0.136. The number of amides is 3. The molecule has 0 aromatic heterocycles. The highest BCUT2D eigenvalue weighted by molar-refractivity contribution is 5.79. The zero-order chi connectivity index (χ0) is 107. The Bertz CT molecular complexity index is 5540. The summed E-state index contributed by atoms with van der Waals surface area (Å²) in [7, 11) is 1.78. The van der Waals surface area contributed by atoms with Crippen molar-refractivity contribution in [1.82, 2.24) is 54.7 Å². The number of methoxy groups -OCH3 is 1. The third kappa shape index (κ3) is 36.7. The molecule has 11 aliphatic rings. The number of likely N-dealkylation sites (tertiary alicyclic amines) is 1.